The Morgan fingerprint density at radius 3 is 1.29 bits per heavy atom. The van der Waals surface area contributed by atoms with E-state index in [0.29, 0.717) is 0 Å². The van der Waals surface area contributed by atoms with Crippen LogP contribution in [-0.4, -0.2) is 8.68 Å². The third-order valence-corrected chi connectivity index (χ3v) is 0. The van der Waals surface area contributed by atoms with Crippen LogP contribution < -0.4 is 0 Å². The third-order valence-electron chi connectivity index (χ3n) is 0. The van der Waals surface area contributed by atoms with Gasteiger partial charge in [-0.1, -0.05) is 20.3 Å². The quantitative estimate of drug-likeness (QED) is 0.445. The minimum Gasteiger partial charge on any atom is -0.389 e. The molecule has 0 aromatic heterocycles. The predicted molar refractivity (Wildman–Crippen MR) is 34.1 cm³/mol. The Balaban J connectivity index is 0. The van der Waals surface area contributed by atoms with Crippen molar-refractivity contribution >= 4 is 8.68 Å². The van der Waals surface area contributed by atoms with Crippen molar-refractivity contribution in [3.05, 3.63) is 0 Å². The zero-order valence-corrected chi connectivity index (χ0v) is 6.62. The highest BCUT2D eigenvalue weighted by Crippen LogP contribution is 1.56. The highest BCUT2D eigenvalue weighted by molar-refractivity contribution is 6.38. The Hall–Kier alpha value is 0.0169. The minimum absolute atomic E-state index is 1.13. The fraction of sp³-hybridized carbons (Fsp3) is 1.00. The van der Waals surface area contributed by atoms with Crippen molar-refractivity contribution in [1.29, 1.82) is 0 Å². The summed E-state index contributed by atoms with van der Waals surface area (Å²) in [5.74, 6) is 0. The van der Waals surface area contributed by atoms with Crippen LogP contribution in [0.3, 0.4) is 0 Å². The van der Waals surface area contributed by atoms with Crippen LogP contribution in [0.4, 0.5) is 0 Å². The summed E-state index contributed by atoms with van der Waals surface area (Å²) < 4.78 is 9.63. The maximum absolute atomic E-state index is 9.63. The van der Waals surface area contributed by atoms with E-state index in [4.69, 9.17) is 0 Å². The van der Waals surface area contributed by atoms with Gasteiger partial charge in [0.05, 0.1) is 0 Å². The normalized spacial score (nSPS) is 6.29. The largest absolute Gasteiger partial charge is 0.389 e. The summed E-state index contributed by atoms with van der Waals surface area (Å²) in [5, 5.41) is 0. The summed E-state index contributed by atoms with van der Waals surface area (Å²) in [6.07, 6.45) is 1.25. The summed E-state index contributed by atoms with van der Waals surface area (Å²) in [4.78, 5) is 0. The average Bonchev–Trinajstić information content (AvgIpc) is 1.33. The van der Waals surface area contributed by atoms with E-state index in [-0.39, 0.29) is 0 Å². The van der Waals surface area contributed by atoms with Crippen LogP contribution in [0.15, 0.2) is 0 Å². The lowest BCUT2D eigenvalue weighted by Gasteiger charge is -1.51. The molecule has 0 saturated carbocycles. The van der Waals surface area contributed by atoms with Gasteiger partial charge in [0, 0.05) is 0 Å². The van der Waals surface area contributed by atoms with Crippen molar-refractivity contribution in [3.63, 3.8) is 0 Å². The molecule has 7 heavy (non-hydrogen) atoms. The summed E-state index contributed by atoms with van der Waals surface area (Å²) >= 11 is 0. The molecule has 0 atom stereocenters. The molecule has 0 unspecified atom stereocenters. The van der Waals surface area contributed by atoms with Gasteiger partial charge in [0.2, 0.25) is 0 Å². The molecule has 0 aromatic carbocycles. The number of hydrogen-bond donors (Lipinski definition) is 0. The van der Waals surface area contributed by atoms with E-state index >= 15 is 0 Å². The molecular weight excluding hydrogens is 104 g/mol. The molecule has 0 radical (unpaired) electrons. The van der Waals surface area contributed by atoms with Gasteiger partial charge >= 0.3 is 0 Å². The molecule has 0 N–H and O–H groups in total. The molecule has 0 saturated heterocycles. The molecule has 0 rings (SSSR count). The Morgan fingerprint density at radius 2 is 1.29 bits per heavy atom. The second-order valence-electron chi connectivity index (χ2n) is 1.62. The smallest absolute Gasteiger partial charge is 0.270 e. The van der Waals surface area contributed by atoms with E-state index in [1.54, 1.807) is 13.1 Å². The van der Waals surface area contributed by atoms with Crippen LogP contribution >= 0.6 is 0 Å². The van der Waals surface area contributed by atoms with Crippen LogP contribution in [-0.2, 0) is 4.46 Å². The molecule has 2 heteroatoms. The van der Waals surface area contributed by atoms with Gasteiger partial charge in [0.25, 0.3) is 8.68 Å². The Morgan fingerprint density at radius 1 is 1.29 bits per heavy atom. The topological polar surface area (TPSA) is 17.1 Å². The summed E-state index contributed by atoms with van der Waals surface area (Å²) in [5.41, 5.74) is 0. The molecule has 0 aliphatic carbocycles. The van der Waals surface area contributed by atoms with Gasteiger partial charge in [0.1, 0.15) is 0 Å². The highest BCUT2D eigenvalue weighted by Gasteiger charge is 1.68. The van der Waals surface area contributed by atoms with Crippen LogP contribution in [0, 0.1) is 0 Å². The second kappa shape index (κ2) is 9.39. The first kappa shape index (κ1) is 10.1. The van der Waals surface area contributed by atoms with Crippen molar-refractivity contribution in [2.24, 2.45) is 0 Å². The van der Waals surface area contributed by atoms with Crippen LogP contribution in [0.5, 0.6) is 0 Å². The van der Waals surface area contributed by atoms with E-state index in [1.807, 2.05) is 0 Å². The van der Waals surface area contributed by atoms with Gasteiger partial charge in [0.15, 0.2) is 0 Å². The van der Waals surface area contributed by atoms with E-state index < -0.39 is 8.68 Å². The Labute approximate surface area is 47.4 Å². The molecule has 0 aliphatic rings. The first-order chi connectivity index (χ1) is 3.15. The molecule has 0 aromatic rings. The third kappa shape index (κ3) is 341000. The predicted octanol–water partition coefficient (Wildman–Crippen LogP) is 2.08. The molecular formula is C5H14OSi. The van der Waals surface area contributed by atoms with Crippen LogP contribution in [0.25, 0.3) is 0 Å². The zero-order valence-electron chi connectivity index (χ0n) is 5.62. The molecule has 0 spiro atoms. The van der Waals surface area contributed by atoms with E-state index in [9.17, 15) is 4.46 Å². The summed E-state index contributed by atoms with van der Waals surface area (Å²) in [6.45, 7) is 7.68. The van der Waals surface area contributed by atoms with Gasteiger partial charge in [-0.3, -0.25) is 0 Å². The van der Waals surface area contributed by atoms with Crippen molar-refractivity contribution < 1.29 is 4.46 Å². The highest BCUT2D eigenvalue weighted by atomic mass is 28.2. The molecule has 0 aliphatic heterocycles. The first-order valence-corrected chi connectivity index (χ1v) is 5.03. The van der Waals surface area contributed by atoms with Crippen LogP contribution in [0.1, 0.15) is 20.3 Å². The van der Waals surface area contributed by atoms with Gasteiger partial charge in [-0.2, -0.15) is 0 Å². The Kier molecular flexibility index (Phi) is 13.5. The molecule has 0 amide bonds. The minimum atomic E-state index is -1.13. The lowest BCUT2D eigenvalue weighted by molar-refractivity contribution is 0.569. The monoisotopic (exact) mass is 118 g/mol. The molecule has 44 valence electrons. The molecule has 0 fully saturated rings. The van der Waals surface area contributed by atoms with Crippen molar-refractivity contribution in [1.82, 2.24) is 0 Å². The standard InChI is InChI=1S/C3H8.C2H6OSi/c1-3-2;1-4(2)3/h3H2,1-2H3;1-2H3. The molecule has 0 bridgehead atoms. The molecule has 1 nitrogen and oxygen atoms in total. The lowest BCUT2D eigenvalue weighted by atomic mass is 10.6. The van der Waals surface area contributed by atoms with Gasteiger partial charge in [-0.15, -0.1) is 0 Å². The van der Waals surface area contributed by atoms with Gasteiger partial charge in [-0.05, 0) is 13.1 Å². The van der Waals surface area contributed by atoms with Gasteiger partial charge in [-0.25, -0.2) is 0 Å². The number of hydrogen-bond acceptors (Lipinski definition) is 1. The fourth-order valence-electron chi connectivity index (χ4n) is 0. The number of rotatable bonds is 0. The van der Waals surface area contributed by atoms with Crippen molar-refractivity contribution in [2.75, 3.05) is 0 Å². The van der Waals surface area contributed by atoms with Crippen molar-refractivity contribution in [3.8, 4) is 0 Å². The van der Waals surface area contributed by atoms with E-state index in [1.165, 1.54) is 6.42 Å². The lowest BCUT2D eigenvalue weighted by Crippen LogP contribution is -1.72. The Bertz CT molecular complexity index is 39.3. The fourth-order valence-corrected chi connectivity index (χ4v) is 0. The van der Waals surface area contributed by atoms with E-state index in [0.717, 1.165) is 0 Å². The average molecular weight is 118 g/mol. The van der Waals surface area contributed by atoms with Crippen LogP contribution in [0.2, 0.25) is 13.1 Å². The molecule has 0 heterocycles. The SMILES string of the molecule is CCC.C[Si](C)=O. The zero-order chi connectivity index (χ0) is 6.28. The summed E-state index contributed by atoms with van der Waals surface area (Å²) in [6, 6.07) is 0. The van der Waals surface area contributed by atoms with Crippen molar-refractivity contribution in [2.45, 2.75) is 33.4 Å². The maximum atomic E-state index is 9.63. The maximum Gasteiger partial charge on any atom is 0.270 e. The van der Waals surface area contributed by atoms with Gasteiger partial charge < -0.3 is 4.46 Å². The first-order valence-electron chi connectivity index (χ1n) is 2.62. The summed E-state index contributed by atoms with van der Waals surface area (Å²) in [7, 11) is -1.13. The van der Waals surface area contributed by atoms with E-state index in [2.05, 4.69) is 13.8 Å². The second-order valence-corrected chi connectivity index (χ2v) is 3.43.